The molecule has 0 spiro atoms. The van der Waals surface area contributed by atoms with E-state index >= 15 is 0 Å². The molecule has 2 rings (SSSR count). The van der Waals surface area contributed by atoms with Crippen molar-refractivity contribution in [3.05, 3.63) is 65.7 Å². The van der Waals surface area contributed by atoms with Gasteiger partial charge in [0.15, 0.2) is 0 Å². The zero-order valence-corrected chi connectivity index (χ0v) is 15.5. The molecule has 3 N–H and O–H groups in total. The first-order valence-corrected chi connectivity index (χ1v) is 7.78. The van der Waals surface area contributed by atoms with Crippen molar-refractivity contribution < 1.29 is 9.59 Å². The van der Waals surface area contributed by atoms with Gasteiger partial charge in [-0.15, -0.1) is 12.4 Å². The molecule has 2 aromatic rings. The van der Waals surface area contributed by atoms with Gasteiger partial charge in [0.2, 0.25) is 0 Å². The summed E-state index contributed by atoms with van der Waals surface area (Å²) in [5.74, 6) is -0.416. The lowest BCUT2D eigenvalue weighted by Gasteiger charge is -2.19. The fourth-order valence-electron chi connectivity index (χ4n) is 2.17. The maximum atomic E-state index is 12.6. The minimum absolute atomic E-state index is 0. The fourth-order valence-corrected chi connectivity index (χ4v) is 2.17. The van der Waals surface area contributed by atoms with E-state index in [-0.39, 0.29) is 24.2 Å². The SMILES string of the molecule is CN(C(=O)c1cccc(C(=O)NCC(C)(C)N)c1)c1ccccc1.Cl. The largest absolute Gasteiger partial charge is 0.350 e. The van der Waals surface area contributed by atoms with E-state index < -0.39 is 5.54 Å². The summed E-state index contributed by atoms with van der Waals surface area (Å²) in [5.41, 5.74) is 7.07. The first-order valence-electron chi connectivity index (χ1n) is 7.78. The fraction of sp³-hybridized carbons (Fsp3) is 0.263. The number of amides is 2. The van der Waals surface area contributed by atoms with Crippen molar-refractivity contribution in [1.29, 1.82) is 0 Å². The van der Waals surface area contributed by atoms with Crippen LogP contribution < -0.4 is 16.0 Å². The minimum atomic E-state index is -0.489. The van der Waals surface area contributed by atoms with Crippen LogP contribution in [0.25, 0.3) is 0 Å². The van der Waals surface area contributed by atoms with E-state index in [1.807, 2.05) is 44.2 Å². The molecule has 0 saturated carbocycles. The summed E-state index contributed by atoms with van der Waals surface area (Å²) < 4.78 is 0. The van der Waals surface area contributed by atoms with Gasteiger partial charge >= 0.3 is 0 Å². The number of nitrogens with two attached hydrogens (primary N) is 1. The summed E-state index contributed by atoms with van der Waals surface area (Å²) in [6.45, 7) is 4.03. The summed E-state index contributed by atoms with van der Waals surface area (Å²) in [6.07, 6.45) is 0. The second-order valence-corrected chi connectivity index (χ2v) is 6.45. The van der Waals surface area contributed by atoms with Gasteiger partial charge < -0.3 is 16.0 Å². The lowest BCUT2D eigenvalue weighted by Crippen LogP contribution is -2.45. The molecule has 2 amide bonds. The Balaban J connectivity index is 0.00000312. The van der Waals surface area contributed by atoms with Crippen LogP contribution in [0.15, 0.2) is 54.6 Å². The molecule has 0 aromatic heterocycles. The zero-order chi connectivity index (χ0) is 17.7. The van der Waals surface area contributed by atoms with Gasteiger partial charge in [0, 0.05) is 35.9 Å². The monoisotopic (exact) mass is 361 g/mol. The van der Waals surface area contributed by atoms with Gasteiger partial charge in [-0.1, -0.05) is 24.3 Å². The highest BCUT2D eigenvalue weighted by Crippen LogP contribution is 2.15. The summed E-state index contributed by atoms with van der Waals surface area (Å²) in [7, 11) is 1.71. The highest BCUT2D eigenvalue weighted by Gasteiger charge is 2.17. The van der Waals surface area contributed by atoms with Gasteiger partial charge in [0.25, 0.3) is 11.8 Å². The first kappa shape index (κ1) is 20.7. The van der Waals surface area contributed by atoms with Crippen molar-refractivity contribution in [3.8, 4) is 0 Å². The molecule has 0 saturated heterocycles. The molecule has 0 radical (unpaired) electrons. The minimum Gasteiger partial charge on any atom is -0.350 e. The molecule has 0 aliphatic rings. The Bertz CT molecular complexity index is 727. The van der Waals surface area contributed by atoms with E-state index in [1.54, 1.807) is 36.2 Å². The van der Waals surface area contributed by atoms with Crippen molar-refractivity contribution in [2.24, 2.45) is 5.73 Å². The molecule has 0 atom stereocenters. The van der Waals surface area contributed by atoms with Gasteiger partial charge in [-0.05, 0) is 44.2 Å². The van der Waals surface area contributed by atoms with E-state index in [4.69, 9.17) is 5.73 Å². The molecule has 5 nitrogen and oxygen atoms in total. The smallest absolute Gasteiger partial charge is 0.258 e. The summed E-state index contributed by atoms with van der Waals surface area (Å²) in [6, 6.07) is 16.0. The molecule has 134 valence electrons. The van der Waals surface area contributed by atoms with Crippen LogP contribution in [0.5, 0.6) is 0 Å². The normalized spacial score (nSPS) is 10.6. The van der Waals surface area contributed by atoms with Crippen LogP contribution in [0.4, 0.5) is 5.69 Å². The maximum absolute atomic E-state index is 12.6. The predicted octanol–water partition coefficient (Wildman–Crippen LogP) is 2.85. The van der Waals surface area contributed by atoms with E-state index in [9.17, 15) is 9.59 Å². The van der Waals surface area contributed by atoms with Crippen LogP contribution in [-0.4, -0.2) is 30.9 Å². The van der Waals surface area contributed by atoms with Crippen molar-refractivity contribution in [3.63, 3.8) is 0 Å². The van der Waals surface area contributed by atoms with Gasteiger partial charge in [0.05, 0.1) is 0 Å². The third-order valence-electron chi connectivity index (χ3n) is 3.52. The third-order valence-corrected chi connectivity index (χ3v) is 3.52. The quantitative estimate of drug-likeness (QED) is 0.859. The van der Waals surface area contributed by atoms with Crippen molar-refractivity contribution in [2.75, 3.05) is 18.5 Å². The average Bonchev–Trinajstić information content (AvgIpc) is 2.58. The number of nitrogens with zero attached hydrogens (tertiary/aromatic N) is 1. The first-order chi connectivity index (χ1) is 11.3. The number of benzene rings is 2. The number of halogens is 1. The van der Waals surface area contributed by atoms with Crippen LogP contribution in [0, 0.1) is 0 Å². The average molecular weight is 362 g/mol. The second-order valence-electron chi connectivity index (χ2n) is 6.45. The van der Waals surface area contributed by atoms with Crippen LogP contribution >= 0.6 is 12.4 Å². The van der Waals surface area contributed by atoms with Gasteiger partial charge in [-0.2, -0.15) is 0 Å². The molecule has 0 heterocycles. The summed E-state index contributed by atoms with van der Waals surface area (Å²) in [4.78, 5) is 26.4. The number of carbonyl (C=O) groups is 2. The standard InChI is InChI=1S/C19H23N3O2.ClH/c1-19(2,20)13-21-17(23)14-8-7-9-15(12-14)18(24)22(3)16-10-5-4-6-11-16;/h4-12H,13,20H2,1-3H3,(H,21,23);1H. The zero-order valence-electron chi connectivity index (χ0n) is 14.7. The summed E-state index contributed by atoms with van der Waals surface area (Å²) >= 11 is 0. The molecule has 0 bridgehead atoms. The second kappa shape index (κ2) is 8.65. The Morgan fingerprint density at radius 3 is 2.24 bits per heavy atom. The highest BCUT2D eigenvalue weighted by atomic mass is 35.5. The van der Waals surface area contributed by atoms with E-state index in [0.29, 0.717) is 17.7 Å². The van der Waals surface area contributed by atoms with E-state index in [1.165, 1.54) is 0 Å². The van der Waals surface area contributed by atoms with E-state index in [0.717, 1.165) is 5.69 Å². The third kappa shape index (κ3) is 5.89. The lowest BCUT2D eigenvalue weighted by atomic mass is 10.1. The van der Waals surface area contributed by atoms with E-state index in [2.05, 4.69) is 5.32 Å². The Morgan fingerprint density at radius 2 is 1.64 bits per heavy atom. The number of para-hydroxylation sites is 1. The molecule has 0 unspecified atom stereocenters. The number of nitrogens with one attached hydrogen (secondary N) is 1. The van der Waals surface area contributed by atoms with Crippen LogP contribution in [0.3, 0.4) is 0 Å². The van der Waals surface area contributed by atoms with Crippen molar-refractivity contribution >= 4 is 29.9 Å². The molecule has 0 aliphatic carbocycles. The Kier molecular flexibility index (Phi) is 7.15. The number of hydrogen-bond acceptors (Lipinski definition) is 3. The van der Waals surface area contributed by atoms with Crippen molar-refractivity contribution in [2.45, 2.75) is 19.4 Å². The molecule has 2 aromatic carbocycles. The van der Waals surface area contributed by atoms with Crippen LogP contribution in [0.2, 0.25) is 0 Å². The van der Waals surface area contributed by atoms with Crippen molar-refractivity contribution in [1.82, 2.24) is 5.32 Å². The molecular weight excluding hydrogens is 338 g/mol. The molecular formula is C19H24ClN3O2. The van der Waals surface area contributed by atoms with Gasteiger partial charge in [-0.25, -0.2) is 0 Å². The van der Waals surface area contributed by atoms with Crippen LogP contribution in [-0.2, 0) is 0 Å². The number of anilines is 1. The van der Waals surface area contributed by atoms with Gasteiger partial charge in [-0.3, -0.25) is 9.59 Å². The number of hydrogen-bond donors (Lipinski definition) is 2. The number of rotatable bonds is 5. The Hall–Kier alpha value is -2.37. The highest BCUT2D eigenvalue weighted by molar-refractivity contribution is 6.07. The molecule has 0 fully saturated rings. The molecule has 0 aliphatic heterocycles. The van der Waals surface area contributed by atoms with Gasteiger partial charge in [0.1, 0.15) is 0 Å². The lowest BCUT2D eigenvalue weighted by molar-refractivity contribution is 0.0946. The Morgan fingerprint density at radius 1 is 1.04 bits per heavy atom. The topological polar surface area (TPSA) is 75.4 Å². The summed E-state index contributed by atoms with van der Waals surface area (Å²) in [5, 5.41) is 2.78. The van der Waals surface area contributed by atoms with Crippen LogP contribution in [0.1, 0.15) is 34.6 Å². The molecule has 6 heteroatoms. The Labute approximate surface area is 154 Å². The number of carbonyl (C=O) groups excluding carboxylic acids is 2. The molecule has 25 heavy (non-hydrogen) atoms. The predicted molar refractivity (Wildman–Crippen MR) is 103 cm³/mol. The maximum Gasteiger partial charge on any atom is 0.258 e.